The molecule has 0 spiro atoms. The van der Waals surface area contributed by atoms with Crippen LogP contribution in [0.4, 0.5) is 0 Å². The Kier molecular flexibility index (Phi) is 5.45. The van der Waals surface area contributed by atoms with Crippen molar-refractivity contribution in [2.45, 2.75) is 38.3 Å². The van der Waals surface area contributed by atoms with Gasteiger partial charge in [0.05, 0.1) is 12.6 Å². The maximum Gasteiger partial charge on any atom is 0.234 e. The summed E-state index contributed by atoms with van der Waals surface area (Å²) in [5.74, 6) is 0.798. The smallest absolute Gasteiger partial charge is 0.234 e. The molecule has 6 nitrogen and oxygen atoms in total. The molecular formula is C16H26N4O2. The fourth-order valence-corrected chi connectivity index (χ4v) is 3.29. The molecule has 3 heterocycles. The van der Waals surface area contributed by atoms with Gasteiger partial charge in [-0.1, -0.05) is 0 Å². The van der Waals surface area contributed by atoms with E-state index in [0.29, 0.717) is 19.0 Å². The molecule has 1 N–H and O–H groups in total. The minimum absolute atomic E-state index is 0.126. The lowest BCUT2D eigenvalue weighted by molar-refractivity contribution is -0.123. The summed E-state index contributed by atoms with van der Waals surface area (Å²) in [5, 5.41) is 7.27. The minimum atomic E-state index is 0.126. The van der Waals surface area contributed by atoms with E-state index in [1.807, 2.05) is 23.1 Å². The third-order valence-corrected chi connectivity index (χ3v) is 4.63. The maximum absolute atomic E-state index is 12.0. The van der Waals surface area contributed by atoms with Crippen LogP contribution < -0.4 is 5.32 Å². The molecule has 1 unspecified atom stereocenters. The van der Waals surface area contributed by atoms with Crippen molar-refractivity contribution in [1.29, 1.82) is 0 Å². The second-order valence-electron chi connectivity index (χ2n) is 6.39. The molecular weight excluding hydrogens is 280 g/mol. The molecule has 2 aliphatic rings. The van der Waals surface area contributed by atoms with Gasteiger partial charge in [0, 0.05) is 32.1 Å². The molecule has 0 aliphatic carbocycles. The first kappa shape index (κ1) is 15.5. The summed E-state index contributed by atoms with van der Waals surface area (Å²) in [6, 6.07) is 1.97. The van der Waals surface area contributed by atoms with Gasteiger partial charge in [0.2, 0.25) is 5.91 Å². The summed E-state index contributed by atoms with van der Waals surface area (Å²) >= 11 is 0. The number of carbonyl (C=O) groups excluding carboxylic acids is 1. The van der Waals surface area contributed by atoms with Gasteiger partial charge in [0.25, 0.3) is 0 Å². The Morgan fingerprint density at radius 1 is 1.32 bits per heavy atom. The zero-order valence-corrected chi connectivity index (χ0v) is 13.1. The molecule has 0 bridgehead atoms. The Labute approximate surface area is 131 Å². The SMILES string of the molecule is O=C(CN1CCC(Cn2cccn2)CC1)NCC1CCCO1. The number of nitrogens with one attached hydrogen (secondary N) is 1. The largest absolute Gasteiger partial charge is 0.376 e. The molecule has 2 aliphatic heterocycles. The van der Waals surface area contributed by atoms with Crippen molar-refractivity contribution in [3.8, 4) is 0 Å². The number of aromatic nitrogens is 2. The van der Waals surface area contributed by atoms with Gasteiger partial charge in [-0.3, -0.25) is 14.4 Å². The average Bonchev–Trinajstić information content (AvgIpc) is 3.20. The zero-order chi connectivity index (χ0) is 15.2. The van der Waals surface area contributed by atoms with Gasteiger partial charge >= 0.3 is 0 Å². The molecule has 1 atom stereocenters. The monoisotopic (exact) mass is 306 g/mol. The molecule has 122 valence electrons. The number of hydrogen-bond acceptors (Lipinski definition) is 4. The molecule has 6 heteroatoms. The summed E-state index contributed by atoms with van der Waals surface area (Å²) in [4.78, 5) is 14.2. The summed E-state index contributed by atoms with van der Waals surface area (Å²) in [6.45, 7) is 5.00. The maximum atomic E-state index is 12.0. The molecule has 2 fully saturated rings. The molecule has 22 heavy (non-hydrogen) atoms. The Morgan fingerprint density at radius 3 is 2.86 bits per heavy atom. The van der Waals surface area contributed by atoms with E-state index >= 15 is 0 Å². The van der Waals surface area contributed by atoms with Crippen molar-refractivity contribution < 1.29 is 9.53 Å². The van der Waals surface area contributed by atoms with E-state index in [0.717, 1.165) is 51.9 Å². The third-order valence-electron chi connectivity index (χ3n) is 4.63. The second kappa shape index (κ2) is 7.74. The second-order valence-corrected chi connectivity index (χ2v) is 6.39. The Bertz CT molecular complexity index is 449. The molecule has 1 aromatic heterocycles. The fraction of sp³-hybridized carbons (Fsp3) is 0.750. The summed E-state index contributed by atoms with van der Waals surface area (Å²) in [5.41, 5.74) is 0. The van der Waals surface area contributed by atoms with Crippen LogP contribution in [-0.2, 0) is 16.1 Å². The lowest BCUT2D eigenvalue weighted by atomic mass is 9.97. The van der Waals surface area contributed by atoms with Crippen molar-refractivity contribution in [3.05, 3.63) is 18.5 Å². The van der Waals surface area contributed by atoms with Gasteiger partial charge in [0.15, 0.2) is 0 Å². The Morgan fingerprint density at radius 2 is 2.18 bits per heavy atom. The molecule has 1 aromatic rings. The standard InChI is InChI=1S/C16H26N4O2/c21-16(17-11-15-3-1-10-22-15)13-19-8-4-14(5-9-19)12-20-7-2-6-18-20/h2,6-7,14-15H,1,3-5,8-13H2,(H,17,21). The number of carbonyl (C=O) groups is 1. The van der Waals surface area contributed by atoms with E-state index in [1.54, 1.807) is 0 Å². The van der Waals surface area contributed by atoms with Crippen LogP contribution in [0.2, 0.25) is 0 Å². The molecule has 2 saturated heterocycles. The average molecular weight is 306 g/mol. The van der Waals surface area contributed by atoms with Gasteiger partial charge in [0.1, 0.15) is 0 Å². The van der Waals surface area contributed by atoms with E-state index in [4.69, 9.17) is 4.74 Å². The third kappa shape index (κ3) is 4.55. The van der Waals surface area contributed by atoms with Crippen LogP contribution in [-0.4, -0.2) is 59.5 Å². The highest BCUT2D eigenvalue weighted by Crippen LogP contribution is 2.18. The quantitative estimate of drug-likeness (QED) is 0.848. The summed E-state index contributed by atoms with van der Waals surface area (Å²) in [7, 11) is 0. The van der Waals surface area contributed by atoms with E-state index in [9.17, 15) is 4.79 Å². The van der Waals surface area contributed by atoms with Crippen LogP contribution in [0.3, 0.4) is 0 Å². The van der Waals surface area contributed by atoms with Gasteiger partial charge in [-0.15, -0.1) is 0 Å². The van der Waals surface area contributed by atoms with Crippen LogP contribution in [0.1, 0.15) is 25.7 Å². The van der Waals surface area contributed by atoms with Gasteiger partial charge in [-0.25, -0.2) is 0 Å². The topological polar surface area (TPSA) is 59.4 Å². The highest BCUT2D eigenvalue weighted by atomic mass is 16.5. The number of rotatable bonds is 6. The van der Waals surface area contributed by atoms with Crippen LogP contribution in [0.25, 0.3) is 0 Å². The van der Waals surface area contributed by atoms with Crippen molar-refractivity contribution in [3.63, 3.8) is 0 Å². The van der Waals surface area contributed by atoms with E-state index in [1.165, 1.54) is 0 Å². The first-order valence-electron chi connectivity index (χ1n) is 8.37. The number of ether oxygens (including phenoxy) is 1. The number of amides is 1. The number of nitrogens with zero attached hydrogens (tertiary/aromatic N) is 3. The highest BCUT2D eigenvalue weighted by molar-refractivity contribution is 5.78. The molecule has 0 aromatic carbocycles. The number of piperidine rings is 1. The van der Waals surface area contributed by atoms with E-state index in [-0.39, 0.29) is 12.0 Å². The number of likely N-dealkylation sites (tertiary alicyclic amines) is 1. The molecule has 3 rings (SSSR count). The van der Waals surface area contributed by atoms with E-state index in [2.05, 4.69) is 15.3 Å². The highest BCUT2D eigenvalue weighted by Gasteiger charge is 2.22. The number of hydrogen-bond donors (Lipinski definition) is 1. The van der Waals surface area contributed by atoms with Crippen molar-refractivity contribution in [2.75, 3.05) is 32.8 Å². The minimum Gasteiger partial charge on any atom is -0.376 e. The van der Waals surface area contributed by atoms with Crippen LogP contribution >= 0.6 is 0 Å². The summed E-state index contributed by atoms with van der Waals surface area (Å²) in [6.07, 6.45) is 8.53. The Balaban J connectivity index is 1.32. The predicted molar refractivity (Wildman–Crippen MR) is 83.4 cm³/mol. The van der Waals surface area contributed by atoms with Crippen LogP contribution in [0.15, 0.2) is 18.5 Å². The van der Waals surface area contributed by atoms with Gasteiger partial charge < -0.3 is 10.1 Å². The van der Waals surface area contributed by atoms with Crippen molar-refractivity contribution in [2.24, 2.45) is 5.92 Å². The summed E-state index contributed by atoms with van der Waals surface area (Å²) < 4.78 is 7.53. The molecule has 1 amide bonds. The first-order valence-corrected chi connectivity index (χ1v) is 8.37. The zero-order valence-electron chi connectivity index (χ0n) is 13.1. The van der Waals surface area contributed by atoms with Crippen molar-refractivity contribution >= 4 is 5.91 Å². The molecule has 0 saturated carbocycles. The Hall–Kier alpha value is -1.40. The van der Waals surface area contributed by atoms with Crippen molar-refractivity contribution in [1.82, 2.24) is 20.0 Å². The first-order chi connectivity index (χ1) is 10.8. The van der Waals surface area contributed by atoms with Crippen LogP contribution in [0, 0.1) is 5.92 Å². The lowest BCUT2D eigenvalue weighted by Gasteiger charge is -2.31. The van der Waals surface area contributed by atoms with E-state index < -0.39 is 0 Å². The van der Waals surface area contributed by atoms with Crippen LogP contribution in [0.5, 0.6) is 0 Å². The van der Waals surface area contributed by atoms with Gasteiger partial charge in [-0.2, -0.15) is 5.10 Å². The fourth-order valence-electron chi connectivity index (χ4n) is 3.29. The van der Waals surface area contributed by atoms with Gasteiger partial charge in [-0.05, 0) is 50.8 Å². The molecule has 0 radical (unpaired) electrons. The normalized spacial score (nSPS) is 23.7. The predicted octanol–water partition coefficient (Wildman–Crippen LogP) is 0.890. The lowest BCUT2D eigenvalue weighted by Crippen LogP contribution is -2.43.